The summed E-state index contributed by atoms with van der Waals surface area (Å²) in [4.78, 5) is 66.7. The molecule has 11 heteroatoms. The first kappa shape index (κ1) is 28.1. The zero-order chi connectivity index (χ0) is 30.5. The van der Waals surface area contributed by atoms with Crippen molar-refractivity contribution in [2.75, 3.05) is 13.1 Å². The minimum absolute atomic E-state index is 0.0884. The first-order chi connectivity index (χ1) is 20.5. The lowest BCUT2D eigenvalue weighted by atomic mass is 9.85. The molecule has 3 aromatic heterocycles. The Kier molecular flexibility index (Phi) is 6.95. The molecule has 2 fully saturated rings. The largest absolute Gasteiger partial charge is 0.478 e. The third-order valence-corrected chi connectivity index (χ3v) is 8.24. The molecule has 0 saturated carbocycles. The van der Waals surface area contributed by atoms with Gasteiger partial charge < -0.3 is 25.2 Å². The second kappa shape index (κ2) is 10.6. The van der Waals surface area contributed by atoms with E-state index in [0.717, 1.165) is 10.9 Å². The summed E-state index contributed by atoms with van der Waals surface area (Å²) in [5.74, 6) is -1.75. The van der Waals surface area contributed by atoms with Gasteiger partial charge in [0.2, 0.25) is 5.91 Å². The summed E-state index contributed by atoms with van der Waals surface area (Å²) in [6.07, 6.45) is 3.49. The lowest BCUT2D eigenvalue weighted by molar-refractivity contribution is -0.138. The fraction of sp³-hybridized carbons (Fsp3) is 0.312. The smallest absolute Gasteiger partial charge is 0.337 e. The Morgan fingerprint density at radius 2 is 1.70 bits per heavy atom. The van der Waals surface area contributed by atoms with Crippen molar-refractivity contribution in [3.63, 3.8) is 0 Å². The SMILES string of the molecule is CC(C)(C)[C@H](NC(=O)c1cc2ccccc2[nH]1)C(=O)N1C[C@@H]2C[C@H]1CN2C(=O)c1ccc(-c2ccc(C(=O)O)cn2)cn1. The Hall–Kier alpha value is -5.06. The molecule has 1 aromatic carbocycles. The third kappa shape index (κ3) is 5.33. The molecule has 0 unspecified atom stereocenters. The molecule has 2 bridgehead atoms. The normalized spacial score (nSPS) is 18.6. The predicted octanol–water partition coefficient (Wildman–Crippen LogP) is 3.59. The number of pyridine rings is 2. The molecule has 5 heterocycles. The van der Waals surface area contributed by atoms with Gasteiger partial charge in [-0.25, -0.2) is 4.79 Å². The van der Waals surface area contributed by atoms with E-state index < -0.39 is 17.4 Å². The first-order valence-corrected chi connectivity index (χ1v) is 14.2. The van der Waals surface area contributed by atoms with Crippen LogP contribution in [0.25, 0.3) is 22.2 Å². The summed E-state index contributed by atoms with van der Waals surface area (Å²) in [6, 6.07) is 14.8. The molecule has 0 spiro atoms. The van der Waals surface area contributed by atoms with Crippen LogP contribution >= 0.6 is 0 Å². The summed E-state index contributed by atoms with van der Waals surface area (Å²) in [6.45, 7) is 6.56. The maximum absolute atomic E-state index is 13.8. The van der Waals surface area contributed by atoms with Crippen LogP contribution < -0.4 is 5.32 Å². The number of piperazine rings is 1. The molecule has 0 radical (unpaired) electrons. The number of para-hydroxylation sites is 1. The van der Waals surface area contributed by atoms with Gasteiger partial charge in [-0.2, -0.15) is 0 Å². The van der Waals surface area contributed by atoms with E-state index >= 15 is 0 Å². The molecular weight excluding hydrogens is 548 g/mol. The maximum Gasteiger partial charge on any atom is 0.337 e. The molecule has 0 aliphatic carbocycles. The van der Waals surface area contributed by atoms with Crippen LogP contribution in [0.4, 0.5) is 0 Å². The molecular formula is C32H32N6O5. The van der Waals surface area contributed by atoms with Crippen molar-refractivity contribution in [1.29, 1.82) is 0 Å². The van der Waals surface area contributed by atoms with Gasteiger partial charge in [-0.1, -0.05) is 39.0 Å². The van der Waals surface area contributed by atoms with Gasteiger partial charge >= 0.3 is 5.97 Å². The zero-order valence-electron chi connectivity index (χ0n) is 24.1. The van der Waals surface area contributed by atoms with E-state index in [0.29, 0.717) is 36.5 Å². The monoisotopic (exact) mass is 580 g/mol. The number of H-pyrrole nitrogens is 1. The van der Waals surface area contributed by atoms with Crippen LogP contribution in [0.1, 0.15) is 58.5 Å². The fourth-order valence-electron chi connectivity index (χ4n) is 5.91. The molecule has 43 heavy (non-hydrogen) atoms. The summed E-state index contributed by atoms with van der Waals surface area (Å²) >= 11 is 0. The second-order valence-corrected chi connectivity index (χ2v) is 12.2. The summed E-state index contributed by atoms with van der Waals surface area (Å²) in [5.41, 5.74) is 2.30. The lowest BCUT2D eigenvalue weighted by Gasteiger charge is -2.39. The van der Waals surface area contributed by atoms with Gasteiger partial charge in [0.1, 0.15) is 17.4 Å². The molecule has 3 amide bonds. The molecule has 2 aliphatic heterocycles. The minimum Gasteiger partial charge on any atom is -0.478 e. The number of hydrogen-bond donors (Lipinski definition) is 3. The predicted molar refractivity (Wildman–Crippen MR) is 158 cm³/mol. The highest BCUT2D eigenvalue weighted by Crippen LogP contribution is 2.34. The van der Waals surface area contributed by atoms with E-state index in [-0.39, 0.29) is 41.1 Å². The van der Waals surface area contributed by atoms with E-state index in [2.05, 4.69) is 20.3 Å². The topological polar surface area (TPSA) is 149 Å². The number of fused-ring (bicyclic) bond motifs is 3. The van der Waals surface area contributed by atoms with Gasteiger partial charge in [-0.05, 0) is 48.2 Å². The van der Waals surface area contributed by atoms with Crippen LogP contribution in [0.5, 0.6) is 0 Å². The van der Waals surface area contributed by atoms with Crippen LogP contribution in [0.15, 0.2) is 67.0 Å². The maximum atomic E-state index is 13.8. The van der Waals surface area contributed by atoms with E-state index in [1.165, 1.54) is 12.3 Å². The van der Waals surface area contributed by atoms with Crippen molar-refractivity contribution in [3.8, 4) is 11.3 Å². The van der Waals surface area contributed by atoms with Gasteiger partial charge in [0.05, 0.1) is 23.3 Å². The Morgan fingerprint density at radius 3 is 2.30 bits per heavy atom. The standard InChI is InChI=1S/C32H32N6O5/c1-32(2,3)27(36-28(39)26-12-18-6-4-5-7-24(18)35-26)30(41)38-17-21-13-22(38)16-37(21)29(40)25-11-8-19(14-34-25)23-10-9-20(15-33-23)31(42)43/h4-12,14-15,21-22,27,35H,13,16-17H2,1-3H3,(H,36,39)(H,42,43)/t21-,22-,27+/m0/s1. The molecule has 3 atom stereocenters. The van der Waals surface area contributed by atoms with E-state index in [1.54, 1.807) is 40.3 Å². The van der Waals surface area contributed by atoms with Gasteiger partial charge in [-0.15, -0.1) is 0 Å². The van der Waals surface area contributed by atoms with Gasteiger partial charge in [0.25, 0.3) is 11.8 Å². The molecule has 3 N–H and O–H groups in total. The van der Waals surface area contributed by atoms with Gasteiger partial charge in [-0.3, -0.25) is 24.4 Å². The molecule has 6 rings (SSSR count). The lowest BCUT2D eigenvalue weighted by Crippen LogP contribution is -2.59. The summed E-state index contributed by atoms with van der Waals surface area (Å²) in [5, 5.41) is 13.0. The number of carbonyl (C=O) groups excluding carboxylic acids is 3. The van der Waals surface area contributed by atoms with Gasteiger partial charge in [0, 0.05) is 41.9 Å². The van der Waals surface area contributed by atoms with Crippen molar-refractivity contribution >= 4 is 34.6 Å². The first-order valence-electron chi connectivity index (χ1n) is 14.2. The molecule has 4 aromatic rings. The number of nitrogens with one attached hydrogen (secondary N) is 2. The molecule has 220 valence electrons. The number of carbonyl (C=O) groups is 4. The van der Waals surface area contributed by atoms with Crippen molar-refractivity contribution in [1.82, 2.24) is 30.1 Å². The number of aromatic carboxylic acids is 1. The number of nitrogens with zero attached hydrogens (tertiary/aromatic N) is 4. The van der Waals surface area contributed by atoms with Crippen molar-refractivity contribution in [2.24, 2.45) is 5.41 Å². The van der Waals surface area contributed by atoms with Crippen molar-refractivity contribution in [2.45, 2.75) is 45.3 Å². The van der Waals surface area contributed by atoms with E-state index in [9.17, 15) is 19.2 Å². The Morgan fingerprint density at radius 1 is 0.953 bits per heavy atom. The number of rotatable bonds is 6. The van der Waals surface area contributed by atoms with Gasteiger partial charge in [0.15, 0.2) is 0 Å². The average molecular weight is 581 g/mol. The number of aromatic nitrogens is 3. The highest BCUT2D eigenvalue weighted by Gasteiger charge is 2.50. The van der Waals surface area contributed by atoms with Crippen LogP contribution in [0.2, 0.25) is 0 Å². The van der Waals surface area contributed by atoms with Crippen LogP contribution in [-0.4, -0.2) is 84.8 Å². The summed E-state index contributed by atoms with van der Waals surface area (Å²) in [7, 11) is 0. The highest BCUT2D eigenvalue weighted by atomic mass is 16.4. The van der Waals surface area contributed by atoms with Crippen molar-refractivity contribution in [3.05, 3.63) is 83.9 Å². The zero-order valence-corrected chi connectivity index (χ0v) is 24.1. The Labute approximate surface area is 247 Å². The van der Waals surface area contributed by atoms with E-state index in [4.69, 9.17) is 5.11 Å². The number of likely N-dealkylation sites (tertiary alicyclic amines) is 2. The fourth-order valence-corrected chi connectivity index (χ4v) is 5.91. The van der Waals surface area contributed by atoms with Crippen LogP contribution in [0.3, 0.4) is 0 Å². The highest BCUT2D eigenvalue weighted by molar-refractivity contribution is 6.00. The van der Waals surface area contributed by atoms with Crippen molar-refractivity contribution < 1.29 is 24.3 Å². The molecule has 2 aliphatic rings. The number of amides is 3. The third-order valence-electron chi connectivity index (χ3n) is 8.24. The number of aromatic amines is 1. The van der Waals surface area contributed by atoms with Crippen LogP contribution in [-0.2, 0) is 4.79 Å². The Balaban J connectivity index is 1.11. The van der Waals surface area contributed by atoms with E-state index in [1.807, 2.05) is 45.0 Å². The molecule has 11 nitrogen and oxygen atoms in total. The minimum atomic E-state index is -1.05. The second-order valence-electron chi connectivity index (χ2n) is 12.2. The average Bonchev–Trinajstić information content (AvgIpc) is 3.73. The number of hydrogen-bond acceptors (Lipinski definition) is 6. The molecule has 2 saturated heterocycles. The summed E-state index contributed by atoms with van der Waals surface area (Å²) < 4.78 is 0. The number of carboxylic acids is 1. The number of carboxylic acid groups (broad SMARTS) is 1. The number of benzene rings is 1. The Bertz CT molecular complexity index is 1690. The quantitative estimate of drug-likeness (QED) is 0.316. The van der Waals surface area contributed by atoms with Crippen LogP contribution in [0, 0.1) is 5.41 Å².